The van der Waals surface area contributed by atoms with E-state index in [0.717, 1.165) is 11.1 Å². The first-order chi connectivity index (χ1) is 12.5. The monoisotopic (exact) mass is 370 g/mol. The van der Waals surface area contributed by atoms with Gasteiger partial charge in [-0.2, -0.15) is 0 Å². The minimum Gasteiger partial charge on any atom is -0.350 e. The lowest BCUT2D eigenvalue weighted by atomic mass is 10.1. The van der Waals surface area contributed by atoms with Gasteiger partial charge in [-0.25, -0.2) is 4.39 Å². The molecule has 1 heterocycles. The van der Waals surface area contributed by atoms with Crippen LogP contribution in [-0.2, 0) is 6.42 Å². The summed E-state index contributed by atoms with van der Waals surface area (Å²) in [7, 11) is 4.03. The minimum absolute atomic E-state index is 0.136. The van der Waals surface area contributed by atoms with Gasteiger partial charge in [0.05, 0.1) is 4.88 Å². The van der Waals surface area contributed by atoms with Crippen molar-refractivity contribution in [3.63, 3.8) is 0 Å². The smallest absolute Gasteiger partial charge is 0.261 e. The molecule has 0 aliphatic carbocycles. The summed E-state index contributed by atoms with van der Waals surface area (Å²) in [6, 6.07) is 15.4. The van der Waals surface area contributed by atoms with Gasteiger partial charge in [0, 0.05) is 22.7 Å². The van der Waals surface area contributed by atoms with Gasteiger partial charge in [-0.1, -0.05) is 36.4 Å². The summed E-state index contributed by atoms with van der Waals surface area (Å²) < 4.78 is 14.9. The Morgan fingerprint density at radius 3 is 2.54 bits per heavy atom. The largest absolute Gasteiger partial charge is 0.350 e. The Labute approximate surface area is 157 Å². The molecule has 1 N–H and O–H groups in total. The fourth-order valence-corrected chi connectivity index (χ4v) is 4.22. The molecule has 136 valence electrons. The van der Waals surface area contributed by atoms with E-state index in [0.29, 0.717) is 22.4 Å². The molecule has 0 radical (unpaired) electrons. The molecule has 0 aliphatic heterocycles. The van der Waals surface area contributed by atoms with Crippen molar-refractivity contribution in [3.05, 3.63) is 70.4 Å². The molecule has 0 bridgehead atoms. The molecule has 1 unspecified atom stereocenters. The summed E-state index contributed by atoms with van der Waals surface area (Å²) in [5.74, 6) is -0.409. The van der Waals surface area contributed by atoms with Crippen LogP contribution in [0.15, 0.2) is 48.5 Å². The van der Waals surface area contributed by atoms with Crippen LogP contribution in [0.2, 0.25) is 0 Å². The first kappa shape index (κ1) is 18.5. The molecule has 0 saturated carbocycles. The van der Waals surface area contributed by atoms with Crippen molar-refractivity contribution in [1.82, 2.24) is 10.2 Å². The molecular weight excluding hydrogens is 347 g/mol. The number of benzene rings is 2. The molecule has 0 aliphatic rings. The van der Waals surface area contributed by atoms with Gasteiger partial charge < -0.3 is 10.2 Å². The summed E-state index contributed by atoms with van der Waals surface area (Å²) in [4.78, 5) is 15.4. The number of carbonyl (C=O) groups excluding carboxylic acids is 1. The molecule has 3 rings (SSSR count). The molecule has 1 aromatic heterocycles. The molecule has 5 heteroatoms. The van der Waals surface area contributed by atoms with Crippen LogP contribution in [0.25, 0.3) is 10.1 Å². The van der Waals surface area contributed by atoms with Gasteiger partial charge in [0.2, 0.25) is 0 Å². The average Bonchev–Trinajstić information content (AvgIpc) is 2.97. The van der Waals surface area contributed by atoms with Crippen molar-refractivity contribution in [2.45, 2.75) is 19.4 Å². The highest BCUT2D eigenvalue weighted by Gasteiger charge is 2.19. The van der Waals surface area contributed by atoms with E-state index in [-0.39, 0.29) is 17.8 Å². The average molecular weight is 370 g/mol. The van der Waals surface area contributed by atoms with Crippen molar-refractivity contribution in [2.75, 3.05) is 20.6 Å². The Balaban J connectivity index is 1.73. The molecule has 1 atom stereocenters. The van der Waals surface area contributed by atoms with Crippen LogP contribution < -0.4 is 5.32 Å². The maximum absolute atomic E-state index is 14.1. The number of nitrogens with zero attached hydrogens (tertiary/aromatic N) is 1. The third-order valence-corrected chi connectivity index (χ3v) is 5.91. The Bertz CT molecular complexity index is 905. The van der Waals surface area contributed by atoms with E-state index in [9.17, 15) is 9.18 Å². The number of halogens is 1. The normalized spacial score (nSPS) is 12.5. The van der Waals surface area contributed by atoms with Crippen LogP contribution in [0, 0.1) is 12.7 Å². The van der Waals surface area contributed by atoms with Gasteiger partial charge >= 0.3 is 0 Å². The second kappa shape index (κ2) is 7.98. The second-order valence-electron chi connectivity index (χ2n) is 6.69. The van der Waals surface area contributed by atoms with Crippen molar-refractivity contribution >= 4 is 27.3 Å². The summed E-state index contributed by atoms with van der Waals surface area (Å²) in [6.45, 7) is 2.35. The van der Waals surface area contributed by atoms with Gasteiger partial charge in [-0.15, -0.1) is 11.3 Å². The summed E-state index contributed by atoms with van der Waals surface area (Å²) in [5.41, 5.74) is 1.95. The minimum atomic E-state index is -0.273. The van der Waals surface area contributed by atoms with Crippen LogP contribution in [0.4, 0.5) is 4.39 Å². The fourth-order valence-electron chi connectivity index (χ4n) is 3.08. The van der Waals surface area contributed by atoms with E-state index < -0.39 is 0 Å². The first-order valence-electron chi connectivity index (χ1n) is 8.63. The number of thiophene rings is 1. The number of carbonyl (C=O) groups is 1. The second-order valence-corrected chi connectivity index (χ2v) is 7.74. The third kappa shape index (κ3) is 3.94. The van der Waals surface area contributed by atoms with Crippen molar-refractivity contribution in [2.24, 2.45) is 0 Å². The number of aryl methyl sites for hydroxylation is 1. The lowest BCUT2D eigenvalue weighted by Gasteiger charge is -2.24. The Morgan fingerprint density at radius 2 is 1.88 bits per heavy atom. The summed E-state index contributed by atoms with van der Waals surface area (Å²) in [6.07, 6.45) is 0.855. The maximum Gasteiger partial charge on any atom is 0.261 e. The Morgan fingerprint density at radius 1 is 1.15 bits per heavy atom. The molecule has 2 aromatic carbocycles. The Kier molecular flexibility index (Phi) is 5.69. The van der Waals surface area contributed by atoms with Crippen molar-refractivity contribution < 1.29 is 9.18 Å². The number of rotatable bonds is 6. The van der Waals surface area contributed by atoms with Crippen LogP contribution in [0.1, 0.15) is 20.8 Å². The number of fused-ring (bicyclic) bond motifs is 1. The molecular formula is C21H23FN2OS. The van der Waals surface area contributed by atoms with Crippen LogP contribution in [0.5, 0.6) is 0 Å². The van der Waals surface area contributed by atoms with Crippen LogP contribution >= 0.6 is 11.3 Å². The molecule has 1 amide bonds. The highest BCUT2D eigenvalue weighted by atomic mass is 32.1. The number of hydrogen-bond donors (Lipinski definition) is 1. The number of likely N-dealkylation sites (N-methyl/N-ethyl adjacent to an activating group) is 1. The van der Waals surface area contributed by atoms with Crippen LogP contribution in [-0.4, -0.2) is 37.5 Å². The highest BCUT2D eigenvalue weighted by molar-refractivity contribution is 7.21. The van der Waals surface area contributed by atoms with E-state index in [1.54, 1.807) is 6.07 Å². The summed E-state index contributed by atoms with van der Waals surface area (Å²) >= 11 is 1.34. The lowest BCUT2D eigenvalue weighted by Crippen LogP contribution is -2.41. The quantitative estimate of drug-likeness (QED) is 0.703. The lowest BCUT2D eigenvalue weighted by molar-refractivity contribution is 0.0945. The first-order valence-corrected chi connectivity index (χ1v) is 9.45. The number of amides is 1. The molecule has 0 saturated heterocycles. The number of hydrogen-bond acceptors (Lipinski definition) is 3. The predicted octanol–water partition coefficient (Wildman–Crippen LogP) is 4.25. The van der Waals surface area contributed by atoms with E-state index >= 15 is 0 Å². The zero-order valence-electron chi connectivity index (χ0n) is 15.3. The standard InChI is InChI=1S/C21H23FN2OS/c1-14-19-17(22)10-7-11-18(19)26-20(14)21(25)23-13-16(24(2)3)12-15-8-5-4-6-9-15/h4-11,16H,12-13H2,1-3H3,(H,23,25). The highest BCUT2D eigenvalue weighted by Crippen LogP contribution is 2.32. The summed E-state index contributed by atoms with van der Waals surface area (Å²) in [5, 5.41) is 3.58. The van der Waals surface area contributed by atoms with Gasteiger partial charge in [0.1, 0.15) is 5.82 Å². The van der Waals surface area contributed by atoms with Gasteiger partial charge in [-0.05, 0) is 50.7 Å². The van der Waals surface area contributed by atoms with E-state index in [1.165, 1.54) is 23.0 Å². The van der Waals surface area contributed by atoms with Crippen molar-refractivity contribution in [1.29, 1.82) is 0 Å². The molecule has 3 aromatic rings. The molecule has 0 fully saturated rings. The SMILES string of the molecule is Cc1c(C(=O)NCC(Cc2ccccc2)N(C)C)sc2cccc(F)c12. The zero-order chi connectivity index (χ0) is 18.7. The van der Waals surface area contributed by atoms with Crippen LogP contribution in [0.3, 0.4) is 0 Å². The van der Waals surface area contributed by atoms with Gasteiger partial charge in [0.15, 0.2) is 0 Å². The fraction of sp³-hybridized carbons (Fsp3) is 0.286. The van der Waals surface area contributed by atoms with E-state index in [4.69, 9.17) is 0 Å². The van der Waals surface area contributed by atoms with Gasteiger partial charge in [-0.3, -0.25) is 4.79 Å². The number of nitrogens with one attached hydrogen (secondary N) is 1. The predicted molar refractivity (Wildman–Crippen MR) is 106 cm³/mol. The molecule has 0 spiro atoms. The molecule has 26 heavy (non-hydrogen) atoms. The Hall–Kier alpha value is -2.24. The molecule has 3 nitrogen and oxygen atoms in total. The maximum atomic E-state index is 14.1. The van der Waals surface area contributed by atoms with Gasteiger partial charge in [0.25, 0.3) is 5.91 Å². The topological polar surface area (TPSA) is 32.3 Å². The van der Waals surface area contributed by atoms with E-state index in [1.807, 2.05) is 45.3 Å². The van der Waals surface area contributed by atoms with E-state index in [2.05, 4.69) is 22.3 Å². The third-order valence-electron chi connectivity index (χ3n) is 4.65. The van der Waals surface area contributed by atoms with Crippen molar-refractivity contribution in [3.8, 4) is 0 Å². The zero-order valence-corrected chi connectivity index (χ0v) is 16.1.